The molecule has 0 aliphatic rings. The van der Waals surface area contributed by atoms with Crippen molar-refractivity contribution >= 4 is 26.8 Å². The second-order valence-electron chi connectivity index (χ2n) is 6.21. The Labute approximate surface area is 162 Å². The number of fused-ring (bicyclic) bond motifs is 1. The summed E-state index contributed by atoms with van der Waals surface area (Å²) in [6.07, 6.45) is 2.62. The molecule has 0 aliphatic carbocycles. The van der Waals surface area contributed by atoms with Crippen molar-refractivity contribution in [1.82, 2.24) is 19.3 Å². The van der Waals surface area contributed by atoms with E-state index in [0.717, 1.165) is 22.0 Å². The molecular formula is C19H17BrFN5O. The van der Waals surface area contributed by atoms with Crippen molar-refractivity contribution in [2.45, 2.75) is 13.0 Å². The Balaban J connectivity index is 1.95. The van der Waals surface area contributed by atoms with Gasteiger partial charge in [-0.25, -0.2) is 18.9 Å². The van der Waals surface area contributed by atoms with E-state index in [1.807, 2.05) is 35.0 Å². The number of nitrogens with one attached hydrogen (secondary N) is 1. The number of hydrogen-bond acceptors (Lipinski definition) is 3. The zero-order valence-corrected chi connectivity index (χ0v) is 15.9. The molecule has 2 aromatic carbocycles. The van der Waals surface area contributed by atoms with Crippen molar-refractivity contribution < 1.29 is 4.39 Å². The van der Waals surface area contributed by atoms with E-state index >= 15 is 0 Å². The van der Waals surface area contributed by atoms with E-state index in [0.29, 0.717) is 30.0 Å². The third kappa shape index (κ3) is 3.22. The topological polar surface area (TPSA) is 81.6 Å². The Bertz CT molecular complexity index is 1160. The standard InChI is InChI=1S/C19H17BrFN5O/c20-13-4-2-12(3-5-13)18-23-24-19(27)26(18)17-11-25(9-1-8-22)16-7-6-14(21)10-15(16)17/h2-7,10-11H,1,8-9,22H2,(H,24,27). The maximum Gasteiger partial charge on any atom is 0.348 e. The predicted molar refractivity (Wildman–Crippen MR) is 106 cm³/mol. The van der Waals surface area contributed by atoms with Crippen molar-refractivity contribution in [3.8, 4) is 17.1 Å². The van der Waals surface area contributed by atoms with Crippen LogP contribution in [0.15, 0.2) is 57.9 Å². The smallest absolute Gasteiger partial charge is 0.345 e. The van der Waals surface area contributed by atoms with E-state index < -0.39 is 0 Å². The summed E-state index contributed by atoms with van der Waals surface area (Å²) >= 11 is 3.40. The number of nitrogens with two attached hydrogens (primary N) is 1. The third-order valence-electron chi connectivity index (χ3n) is 4.44. The van der Waals surface area contributed by atoms with Gasteiger partial charge in [0.2, 0.25) is 0 Å². The molecular weight excluding hydrogens is 413 g/mol. The summed E-state index contributed by atoms with van der Waals surface area (Å²) in [5.74, 6) is 0.108. The molecule has 8 heteroatoms. The minimum Gasteiger partial charge on any atom is -0.345 e. The van der Waals surface area contributed by atoms with Gasteiger partial charge < -0.3 is 10.3 Å². The molecule has 0 fully saturated rings. The Morgan fingerprint density at radius 2 is 1.96 bits per heavy atom. The van der Waals surface area contributed by atoms with Gasteiger partial charge in [0.25, 0.3) is 0 Å². The summed E-state index contributed by atoms with van der Waals surface area (Å²) in [5.41, 5.74) is 7.45. The molecule has 0 radical (unpaired) electrons. The van der Waals surface area contributed by atoms with Crippen molar-refractivity contribution in [2.24, 2.45) is 5.73 Å². The van der Waals surface area contributed by atoms with Gasteiger partial charge in [0.05, 0.1) is 11.2 Å². The van der Waals surface area contributed by atoms with Gasteiger partial charge in [-0.1, -0.05) is 28.1 Å². The van der Waals surface area contributed by atoms with Crippen molar-refractivity contribution in [3.05, 3.63) is 69.4 Å². The molecule has 27 heavy (non-hydrogen) atoms. The summed E-state index contributed by atoms with van der Waals surface area (Å²) in [5, 5.41) is 7.33. The molecule has 4 rings (SSSR count). The lowest BCUT2D eigenvalue weighted by atomic mass is 10.2. The number of hydrogen-bond donors (Lipinski definition) is 2. The van der Waals surface area contributed by atoms with E-state index in [2.05, 4.69) is 26.1 Å². The average molecular weight is 430 g/mol. The molecule has 0 unspecified atom stereocenters. The van der Waals surface area contributed by atoms with Crippen LogP contribution in [0.3, 0.4) is 0 Å². The minimum atomic E-state index is -0.380. The molecule has 0 atom stereocenters. The molecule has 0 saturated heterocycles. The number of aryl methyl sites for hydroxylation is 1. The van der Waals surface area contributed by atoms with Crippen LogP contribution in [0.2, 0.25) is 0 Å². The number of rotatable bonds is 5. The molecule has 6 nitrogen and oxygen atoms in total. The number of aromatic nitrogens is 4. The molecule has 138 valence electrons. The molecule has 3 N–H and O–H groups in total. The summed E-state index contributed by atoms with van der Waals surface area (Å²) in [7, 11) is 0. The van der Waals surface area contributed by atoms with E-state index in [9.17, 15) is 9.18 Å². The van der Waals surface area contributed by atoms with Gasteiger partial charge >= 0.3 is 5.69 Å². The molecule has 2 heterocycles. The zero-order chi connectivity index (χ0) is 19.0. The van der Waals surface area contributed by atoms with Gasteiger partial charge in [-0.2, -0.15) is 5.10 Å². The van der Waals surface area contributed by atoms with E-state index in [1.165, 1.54) is 16.7 Å². The van der Waals surface area contributed by atoms with Crippen LogP contribution in [-0.2, 0) is 6.54 Å². The highest BCUT2D eigenvalue weighted by atomic mass is 79.9. The molecule has 0 bridgehead atoms. The largest absolute Gasteiger partial charge is 0.348 e. The average Bonchev–Trinajstić information content (AvgIpc) is 3.20. The fourth-order valence-electron chi connectivity index (χ4n) is 3.19. The highest BCUT2D eigenvalue weighted by molar-refractivity contribution is 9.10. The number of aromatic amines is 1. The molecule has 0 saturated carbocycles. The molecule has 0 aliphatic heterocycles. The van der Waals surface area contributed by atoms with E-state index in [1.54, 1.807) is 6.07 Å². The van der Waals surface area contributed by atoms with Gasteiger partial charge in [-0.3, -0.25) is 0 Å². The van der Waals surface area contributed by atoms with Crippen LogP contribution in [0.25, 0.3) is 28.0 Å². The summed E-state index contributed by atoms with van der Waals surface area (Å²) in [6.45, 7) is 1.23. The normalized spacial score (nSPS) is 11.4. The van der Waals surface area contributed by atoms with Gasteiger partial charge in [-0.05, 0) is 43.3 Å². The first kappa shape index (κ1) is 17.7. The first-order chi connectivity index (χ1) is 13.1. The SMILES string of the molecule is NCCCn1cc(-n2c(-c3ccc(Br)cc3)n[nH]c2=O)c2cc(F)ccc21. The van der Waals surface area contributed by atoms with Crippen LogP contribution in [-0.4, -0.2) is 25.9 Å². The second kappa shape index (κ2) is 7.13. The minimum absolute atomic E-state index is 0.359. The lowest BCUT2D eigenvalue weighted by Crippen LogP contribution is -2.15. The van der Waals surface area contributed by atoms with Gasteiger partial charge in [0, 0.05) is 28.2 Å². The molecule has 2 aromatic heterocycles. The van der Waals surface area contributed by atoms with Gasteiger partial charge in [0.1, 0.15) is 5.82 Å². The maximum absolute atomic E-state index is 13.9. The molecule has 4 aromatic rings. The van der Waals surface area contributed by atoms with Crippen LogP contribution in [0.4, 0.5) is 4.39 Å². The van der Waals surface area contributed by atoms with Gasteiger partial charge in [-0.15, -0.1) is 0 Å². The molecule has 0 amide bonds. The van der Waals surface area contributed by atoms with Crippen LogP contribution in [0.1, 0.15) is 6.42 Å². The fraction of sp³-hybridized carbons (Fsp3) is 0.158. The van der Waals surface area contributed by atoms with Crippen LogP contribution >= 0.6 is 15.9 Å². The Kier molecular flexibility index (Phi) is 4.67. The summed E-state index contributed by atoms with van der Waals surface area (Å²) in [6, 6.07) is 12.1. The Morgan fingerprint density at radius 1 is 1.19 bits per heavy atom. The lowest BCUT2D eigenvalue weighted by Gasteiger charge is -2.05. The summed E-state index contributed by atoms with van der Waals surface area (Å²) in [4.78, 5) is 12.5. The lowest BCUT2D eigenvalue weighted by molar-refractivity contribution is 0.629. The Hall–Kier alpha value is -2.71. The number of halogens is 2. The van der Waals surface area contributed by atoms with E-state index in [4.69, 9.17) is 5.73 Å². The van der Waals surface area contributed by atoms with E-state index in [-0.39, 0.29) is 11.5 Å². The highest BCUT2D eigenvalue weighted by Gasteiger charge is 2.18. The Morgan fingerprint density at radius 3 is 2.70 bits per heavy atom. The monoisotopic (exact) mass is 429 g/mol. The highest BCUT2D eigenvalue weighted by Crippen LogP contribution is 2.28. The fourth-order valence-corrected chi connectivity index (χ4v) is 3.45. The zero-order valence-electron chi connectivity index (χ0n) is 14.3. The first-order valence-corrected chi connectivity index (χ1v) is 9.30. The van der Waals surface area contributed by atoms with Crippen LogP contribution < -0.4 is 11.4 Å². The van der Waals surface area contributed by atoms with Crippen molar-refractivity contribution in [3.63, 3.8) is 0 Å². The third-order valence-corrected chi connectivity index (χ3v) is 4.97. The van der Waals surface area contributed by atoms with Gasteiger partial charge in [0.15, 0.2) is 5.82 Å². The second-order valence-corrected chi connectivity index (χ2v) is 7.12. The van der Waals surface area contributed by atoms with Crippen LogP contribution in [0.5, 0.6) is 0 Å². The quantitative estimate of drug-likeness (QED) is 0.509. The molecule has 0 spiro atoms. The maximum atomic E-state index is 13.9. The van der Waals surface area contributed by atoms with Crippen molar-refractivity contribution in [2.75, 3.05) is 6.54 Å². The first-order valence-electron chi connectivity index (χ1n) is 8.50. The van der Waals surface area contributed by atoms with Crippen LogP contribution in [0, 0.1) is 5.82 Å². The van der Waals surface area contributed by atoms with Crippen molar-refractivity contribution in [1.29, 1.82) is 0 Å². The number of H-pyrrole nitrogens is 1. The number of nitrogens with zero attached hydrogens (tertiary/aromatic N) is 3. The number of benzene rings is 2. The summed E-state index contributed by atoms with van der Waals surface area (Å²) < 4.78 is 18.3. The predicted octanol–water partition coefficient (Wildman–Crippen LogP) is 3.43.